The molecule has 0 saturated heterocycles. The number of carbonyl (C=O) groups excluding carboxylic acids is 1. The highest BCUT2D eigenvalue weighted by atomic mass is 16.2. The minimum Gasteiger partial charge on any atom is -0.385 e. The van der Waals surface area contributed by atoms with Crippen molar-refractivity contribution in [3.8, 4) is 0 Å². The lowest BCUT2D eigenvalue weighted by molar-refractivity contribution is -0.119. The van der Waals surface area contributed by atoms with E-state index in [1.54, 1.807) is 0 Å². The van der Waals surface area contributed by atoms with Crippen molar-refractivity contribution in [3.05, 3.63) is 24.3 Å². The molecular formula is C12H12N4O. The molecule has 5 nitrogen and oxygen atoms in total. The number of amides is 1. The summed E-state index contributed by atoms with van der Waals surface area (Å²) in [7, 11) is 0. The molecule has 1 heterocycles. The molecule has 1 saturated carbocycles. The molecular weight excluding hydrogens is 216 g/mol. The molecule has 1 aromatic carbocycles. The zero-order valence-corrected chi connectivity index (χ0v) is 9.18. The molecule has 1 aliphatic rings. The smallest absolute Gasteiger partial charge is 0.267 e. The molecule has 1 aromatic heterocycles. The summed E-state index contributed by atoms with van der Waals surface area (Å²) in [5.41, 5.74) is 5.81. The van der Waals surface area contributed by atoms with Crippen LogP contribution in [0.5, 0.6) is 0 Å². The van der Waals surface area contributed by atoms with E-state index in [0.29, 0.717) is 11.6 Å². The van der Waals surface area contributed by atoms with E-state index in [-0.39, 0.29) is 11.8 Å². The number of nitrogen functional groups attached to an aromatic ring is 1. The highest BCUT2D eigenvalue weighted by Gasteiger charge is 2.29. The van der Waals surface area contributed by atoms with Gasteiger partial charge in [-0.15, -0.1) is 10.2 Å². The van der Waals surface area contributed by atoms with Gasteiger partial charge in [-0.3, -0.25) is 4.79 Å². The zero-order chi connectivity index (χ0) is 11.8. The van der Waals surface area contributed by atoms with Crippen LogP contribution in [0.4, 0.5) is 11.6 Å². The Labute approximate surface area is 97.7 Å². The summed E-state index contributed by atoms with van der Waals surface area (Å²) in [5.74, 6) is 1.06. The second kappa shape index (κ2) is 3.69. The van der Waals surface area contributed by atoms with Gasteiger partial charge < -0.3 is 10.7 Å². The van der Waals surface area contributed by atoms with E-state index in [2.05, 4.69) is 15.2 Å². The van der Waals surface area contributed by atoms with E-state index in [4.69, 9.17) is 5.73 Å². The number of anilines is 1. The lowest BCUT2D eigenvalue weighted by atomic mass is 10.2. The predicted octanol–water partition coefficient (Wildman–Crippen LogP) is 2.77. The maximum absolute atomic E-state index is 11.4. The van der Waals surface area contributed by atoms with Gasteiger partial charge in [-0.2, -0.15) is 0 Å². The van der Waals surface area contributed by atoms with Gasteiger partial charge in [-0.25, -0.2) is 0 Å². The fourth-order valence-electron chi connectivity index (χ4n) is 1.78. The monoisotopic (exact) mass is 228 g/mol. The van der Waals surface area contributed by atoms with Crippen molar-refractivity contribution in [3.63, 3.8) is 0 Å². The molecule has 0 unspecified atom stereocenters. The molecule has 0 bridgehead atoms. The molecule has 0 atom stereocenters. The van der Waals surface area contributed by atoms with Gasteiger partial charge in [0.1, 0.15) is 5.82 Å². The summed E-state index contributed by atoms with van der Waals surface area (Å²) in [6.07, 6.45) is 1.87. The molecule has 2 aromatic rings. The third-order valence-corrected chi connectivity index (χ3v) is 2.90. The lowest BCUT2D eigenvalue weighted by Gasteiger charge is -1.89. The van der Waals surface area contributed by atoms with E-state index in [0.717, 1.165) is 23.6 Å². The minimum absolute atomic E-state index is 0.0947. The van der Waals surface area contributed by atoms with Crippen molar-refractivity contribution in [1.29, 1.82) is 0 Å². The van der Waals surface area contributed by atoms with Crippen LogP contribution < -0.4 is 5.73 Å². The number of hydrogen-bond acceptors (Lipinski definition) is 3. The first-order chi connectivity index (χ1) is 8.25. The molecule has 3 rings (SSSR count). The molecule has 1 fully saturated rings. The zero-order valence-electron chi connectivity index (χ0n) is 9.18. The number of azo groups is 1. The third-order valence-electron chi connectivity index (χ3n) is 2.90. The van der Waals surface area contributed by atoms with Gasteiger partial charge in [0.25, 0.3) is 5.91 Å². The van der Waals surface area contributed by atoms with Crippen LogP contribution in [-0.2, 0) is 4.79 Å². The summed E-state index contributed by atoms with van der Waals surface area (Å²) in [5, 5.41) is 9.46. The van der Waals surface area contributed by atoms with Crippen molar-refractivity contribution < 1.29 is 4.79 Å². The van der Waals surface area contributed by atoms with Gasteiger partial charge in [0.15, 0.2) is 5.82 Å². The number of nitrogens with zero attached hydrogens (tertiary/aromatic N) is 2. The van der Waals surface area contributed by atoms with Crippen LogP contribution >= 0.6 is 0 Å². The van der Waals surface area contributed by atoms with Crippen molar-refractivity contribution in [1.82, 2.24) is 4.98 Å². The van der Waals surface area contributed by atoms with Crippen molar-refractivity contribution in [2.75, 3.05) is 5.73 Å². The van der Waals surface area contributed by atoms with Crippen LogP contribution in [0.25, 0.3) is 10.8 Å². The Bertz CT molecular complexity index is 610. The van der Waals surface area contributed by atoms with E-state index < -0.39 is 0 Å². The number of aromatic amines is 1. The van der Waals surface area contributed by atoms with Crippen LogP contribution in [0.15, 0.2) is 34.5 Å². The first kappa shape index (κ1) is 10.0. The molecule has 0 aliphatic heterocycles. The molecule has 5 heteroatoms. The lowest BCUT2D eigenvalue weighted by Crippen LogP contribution is -1.92. The number of nitrogens with two attached hydrogens (primary N) is 1. The van der Waals surface area contributed by atoms with E-state index in [1.165, 1.54) is 0 Å². The van der Waals surface area contributed by atoms with Crippen LogP contribution in [0.2, 0.25) is 0 Å². The molecule has 0 radical (unpaired) electrons. The fraction of sp³-hybridized carbons (Fsp3) is 0.250. The highest BCUT2D eigenvalue weighted by molar-refractivity contribution is 5.99. The number of fused-ring (bicyclic) bond motifs is 1. The fourth-order valence-corrected chi connectivity index (χ4v) is 1.78. The quantitative estimate of drug-likeness (QED) is 0.774. The first-order valence-corrected chi connectivity index (χ1v) is 5.57. The largest absolute Gasteiger partial charge is 0.385 e. The standard InChI is InChI=1S/C12H12N4O/c13-10-8-3-1-2-4-9(8)11(14-10)15-16-12(17)7-5-6-7/h1-4,7,14H,5-6,13H2. The van der Waals surface area contributed by atoms with Gasteiger partial charge in [-0.05, 0) is 12.8 Å². The highest BCUT2D eigenvalue weighted by Crippen LogP contribution is 2.33. The van der Waals surface area contributed by atoms with Crippen molar-refractivity contribution in [2.24, 2.45) is 16.1 Å². The number of rotatable bonds is 2. The Hall–Kier alpha value is -2.17. The Kier molecular flexibility index (Phi) is 2.18. The molecule has 3 N–H and O–H groups in total. The van der Waals surface area contributed by atoms with Crippen LogP contribution in [0, 0.1) is 5.92 Å². The summed E-state index contributed by atoms with van der Waals surface area (Å²) >= 11 is 0. The van der Waals surface area contributed by atoms with Crippen LogP contribution in [0.3, 0.4) is 0 Å². The second-order valence-electron chi connectivity index (χ2n) is 4.25. The van der Waals surface area contributed by atoms with Gasteiger partial charge >= 0.3 is 0 Å². The van der Waals surface area contributed by atoms with E-state index >= 15 is 0 Å². The van der Waals surface area contributed by atoms with Crippen molar-refractivity contribution >= 4 is 28.3 Å². The average Bonchev–Trinajstić information content (AvgIpc) is 3.14. The maximum Gasteiger partial charge on any atom is 0.267 e. The SMILES string of the molecule is Nc1[nH]c(N=NC(=O)C2CC2)c2ccccc12. The van der Waals surface area contributed by atoms with E-state index in [1.807, 2.05) is 24.3 Å². The van der Waals surface area contributed by atoms with E-state index in [9.17, 15) is 4.79 Å². The number of H-pyrrole nitrogens is 1. The summed E-state index contributed by atoms with van der Waals surface area (Å²) < 4.78 is 0. The third kappa shape index (κ3) is 1.80. The molecule has 1 aliphatic carbocycles. The molecule has 0 spiro atoms. The van der Waals surface area contributed by atoms with Gasteiger partial charge in [0.05, 0.1) is 0 Å². The topological polar surface area (TPSA) is 83.6 Å². The normalized spacial score (nSPS) is 15.8. The number of aromatic nitrogens is 1. The first-order valence-electron chi connectivity index (χ1n) is 5.57. The van der Waals surface area contributed by atoms with Crippen molar-refractivity contribution in [2.45, 2.75) is 12.8 Å². The number of benzene rings is 1. The second-order valence-corrected chi connectivity index (χ2v) is 4.25. The Balaban J connectivity index is 1.97. The van der Waals surface area contributed by atoms with Gasteiger partial charge in [0, 0.05) is 16.7 Å². The Morgan fingerprint density at radius 1 is 1.29 bits per heavy atom. The predicted molar refractivity (Wildman–Crippen MR) is 65.0 cm³/mol. The number of nitrogens with one attached hydrogen (secondary N) is 1. The van der Waals surface area contributed by atoms with Gasteiger partial charge in [0.2, 0.25) is 0 Å². The summed E-state index contributed by atoms with van der Waals surface area (Å²) in [6, 6.07) is 7.61. The number of carbonyl (C=O) groups is 1. The van der Waals surface area contributed by atoms with Crippen LogP contribution in [0.1, 0.15) is 12.8 Å². The molecule has 17 heavy (non-hydrogen) atoms. The minimum atomic E-state index is -0.137. The maximum atomic E-state index is 11.4. The molecule has 1 amide bonds. The number of hydrogen-bond donors (Lipinski definition) is 2. The van der Waals surface area contributed by atoms with Gasteiger partial charge in [-0.1, -0.05) is 24.3 Å². The summed E-state index contributed by atoms with van der Waals surface area (Å²) in [6.45, 7) is 0. The van der Waals surface area contributed by atoms with Crippen LogP contribution in [-0.4, -0.2) is 10.9 Å². The Morgan fingerprint density at radius 2 is 2.00 bits per heavy atom. The summed E-state index contributed by atoms with van der Waals surface area (Å²) in [4.78, 5) is 14.3. The average molecular weight is 228 g/mol. The molecule has 86 valence electrons. The Morgan fingerprint density at radius 3 is 2.71 bits per heavy atom.